The van der Waals surface area contributed by atoms with Crippen LogP contribution < -0.4 is 24.9 Å². The van der Waals surface area contributed by atoms with Crippen molar-refractivity contribution in [2.24, 2.45) is 4.99 Å². The zero-order valence-electron chi connectivity index (χ0n) is 53.9. The van der Waals surface area contributed by atoms with Gasteiger partial charge in [0, 0.05) is 79.4 Å². The van der Waals surface area contributed by atoms with E-state index in [0.29, 0.717) is 0 Å². The van der Waals surface area contributed by atoms with E-state index in [0.717, 1.165) is 130 Å². The fourth-order valence-corrected chi connectivity index (χ4v) is 13.5. The first kappa shape index (κ1) is 59.9. The summed E-state index contributed by atoms with van der Waals surface area (Å²) < 4.78 is 0. The molecular formula is C92H68N6. The molecule has 15 aromatic rings. The summed E-state index contributed by atoms with van der Waals surface area (Å²) in [6.45, 7) is 0. The van der Waals surface area contributed by atoms with Gasteiger partial charge >= 0.3 is 0 Å². The van der Waals surface area contributed by atoms with E-state index < -0.39 is 0 Å². The van der Waals surface area contributed by atoms with Gasteiger partial charge in [-0.2, -0.15) is 0 Å². The molecule has 0 aromatic heterocycles. The smallest absolute Gasteiger partial charge is 0.0950 e. The van der Waals surface area contributed by atoms with Crippen LogP contribution in [0, 0.1) is 0 Å². The van der Waals surface area contributed by atoms with Crippen molar-refractivity contribution < 1.29 is 0 Å². The van der Waals surface area contributed by atoms with E-state index in [1.807, 2.05) is 0 Å². The summed E-state index contributed by atoms with van der Waals surface area (Å²) in [5.74, 6) is 0. The van der Waals surface area contributed by atoms with Gasteiger partial charge in [-0.25, -0.2) is 4.99 Å². The van der Waals surface area contributed by atoms with Gasteiger partial charge in [0.1, 0.15) is 0 Å². The SMILES string of the molecule is c1ccc(-c2ccc(-c3ccc(-c4ccc(-c5ccccc5)cc4)c4c3N=C(c3ccc(N(c5ccccc5)c5ccc(N(c6ccccc6)c6ccccc6)cc5)cc3)C(c3ccc(N(c5ccccc5)c5ccc(N(c6ccccc6)c6ccccc6)cc5)cc3)N4)cc2)cc1. The number of hydrogen-bond donors (Lipinski definition) is 1. The summed E-state index contributed by atoms with van der Waals surface area (Å²) in [5.41, 5.74) is 26.5. The van der Waals surface area contributed by atoms with E-state index in [4.69, 9.17) is 4.99 Å². The summed E-state index contributed by atoms with van der Waals surface area (Å²) in [6.07, 6.45) is 0. The van der Waals surface area contributed by atoms with Crippen LogP contribution in [-0.2, 0) is 0 Å². The highest BCUT2D eigenvalue weighted by Crippen LogP contribution is 2.50. The fraction of sp³-hybridized carbons (Fsp3) is 0.0109. The number of nitrogens with zero attached hydrogens (tertiary/aromatic N) is 5. The minimum absolute atomic E-state index is 0.373. The molecule has 1 atom stereocenters. The van der Waals surface area contributed by atoms with Gasteiger partial charge in [0.05, 0.1) is 23.1 Å². The molecule has 15 aromatic carbocycles. The van der Waals surface area contributed by atoms with Crippen LogP contribution in [0.15, 0.2) is 405 Å². The molecule has 6 nitrogen and oxygen atoms in total. The minimum Gasteiger partial charge on any atom is -0.370 e. The Balaban J connectivity index is 0.816. The molecule has 0 saturated heterocycles. The second-order valence-electron chi connectivity index (χ2n) is 24.4. The molecule has 1 aliphatic heterocycles. The van der Waals surface area contributed by atoms with Crippen LogP contribution in [-0.4, -0.2) is 5.71 Å². The number of hydrogen-bond acceptors (Lipinski definition) is 6. The number of benzene rings is 15. The highest BCUT2D eigenvalue weighted by atomic mass is 15.2. The van der Waals surface area contributed by atoms with Crippen LogP contribution in [0.1, 0.15) is 17.2 Å². The highest BCUT2D eigenvalue weighted by Gasteiger charge is 2.31. The van der Waals surface area contributed by atoms with Crippen molar-refractivity contribution >= 4 is 85.3 Å². The summed E-state index contributed by atoms with van der Waals surface area (Å²) in [6, 6.07) is 143. The van der Waals surface area contributed by atoms with E-state index in [2.05, 4.69) is 425 Å². The molecule has 0 aliphatic carbocycles. The molecular weight excluding hydrogens is 1190 g/mol. The van der Waals surface area contributed by atoms with Crippen LogP contribution >= 0.6 is 0 Å². The summed E-state index contributed by atoms with van der Waals surface area (Å²) >= 11 is 0. The van der Waals surface area contributed by atoms with Gasteiger partial charge in [-0.05, 0) is 190 Å². The first-order chi connectivity index (χ1) is 48.6. The molecule has 1 aliphatic rings. The Bertz CT molecular complexity index is 5060. The van der Waals surface area contributed by atoms with Crippen molar-refractivity contribution in [1.82, 2.24) is 0 Å². The molecule has 16 rings (SSSR count). The molecule has 0 saturated carbocycles. The Morgan fingerprint density at radius 1 is 0.194 bits per heavy atom. The highest BCUT2D eigenvalue weighted by molar-refractivity contribution is 6.13. The van der Waals surface area contributed by atoms with Gasteiger partial charge < -0.3 is 24.9 Å². The third-order valence-electron chi connectivity index (χ3n) is 18.3. The molecule has 1 N–H and O–H groups in total. The molecule has 6 heteroatoms. The van der Waals surface area contributed by atoms with E-state index in [1.165, 1.54) is 11.1 Å². The van der Waals surface area contributed by atoms with Gasteiger partial charge in [-0.1, -0.05) is 255 Å². The second-order valence-corrected chi connectivity index (χ2v) is 24.4. The predicted octanol–water partition coefficient (Wildman–Crippen LogP) is 25.5. The van der Waals surface area contributed by atoms with Crippen molar-refractivity contribution in [2.45, 2.75) is 6.04 Å². The standard InChI is InChI=1S/C92H68N6/c1-9-25-67(26-10-1)69-41-45-71(46-42-69)87-65-66-88(72-47-43-70(44-48-72)68-27-11-2-12-28-68)92-91(87)93-89(73-49-53-81(54-50-73)97(79-37-21-7-22-38-79)85-61-57-83(58-62-85)95(75-29-13-3-14-30-75)76-31-15-4-16-32-76)90(94-92)74-51-55-82(56-52-74)98(80-39-23-8-24-40-80)86-63-59-84(60-64-86)96(77-33-17-5-18-34-77)78-35-19-6-20-36-78/h1-66,89,93H. The van der Waals surface area contributed by atoms with E-state index in [-0.39, 0.29) is 6.04 Å². The lowest BCUT2D eigenvalue weighted by Gasteiger charge is -2.32. The normalized spacial score (nSPS) is 12.3. The molecule has 0 radical (unpaired) electrons. The Kier molecular flexibility index (Phi) is 16.8. The van der Waals surface area contributed by atoms with Crippen molar-refractivity contribution in [3.63, 3.8) is 0 Å². The topological polar surface area (TPSA) is 37.4 Å². The fourth-order valence-electron chi connectivity index (χ4n) is 13.5. The third kappa shape index (κ3) is 12.4. The van der Waals surface area contributed by atoms with Crippen LogP contribution in [0.4, 0.5) is 79.6 Å². The molecule has 1 heterocycles. The van der Waals surface area contributed by atoms with Crippen LogP contribution in [0.25, 0.3) is 44.5 Å². The summed E-state index contributed by atoms with van der Waals surface area (Å²) in [7, 11) is 0. The molecule has 1 unspecified atom stereocenters. The average molecular weight is 1260 g/mol. The Morgan fingerprint density at radius 3 is 0.735 bits per heavy atom. The maximum Gasteiger partial charge on any atom is 0.0950 e. The lowest BCUT2D eigenvalue weighted by Crippen LogP contribution is -2.25. The summed E-state index contributed by atoms with van der Waals surface area (Å²) in [5, 5.41) is 4.24. The van der Waals surface area contributed by atoms with Crippen LogP contribution in [0.5, 0.6) is 0 Å². The predicted molar refractivity (Wildman–Crippen MR) is 412 cm³/mol. The largest absolute Gasteiger partial charge is 0.370 e. The second kappa shape index (κ2) is 27.5. The van der Waals surface area contributed by atoms with Crippen LogP contribution in [0.3, 0.4) is 0 Å². The van der Waals surface area contributed by atoms with Crippen molar-refractivity contribution in [3.8, 4) is 44.5 Å². The van der Waals surface area contributed by atoms with Gasteiger partial charge in [0.2, 0.25) is 0 Å². The monoisotopic (exact) mass is 1260 g/mol. The van der Waals surface area contributed by atoms with Crippen molar-refractivity contribution in [1.29, 1.82) is 0 Å². The molecule has 0 bridgehead atoms. The average Bonchev–Trinajstić information content (AvgIpc) is 0.764. The van der Waals surface area contributed by atoms with Gasteiger partial charge in [-0.15, -0.1) is 0 Å². The molecule has 0 fully saturated rings. The van der Waals surface area contributed by atoms with Gasteiger partial charge in [-0.3, -0.25) is 0 Å². The van der Waals surface area contributed by atoms with Gasteiger partial charge in [0.25, 0.3) is 0 Å². The quantitative estimate of drug-likeness (QED) is 0.0927. The lowest BCUT2D eigenvalue weighted by atomic mass is 9.89. The third-order valence-corrected chi connectivity index (χ3v) is 18.3. The maximum absolute atomic E-state index is 5.99. The van der Waals surface area contributed by atoms with Crippen molar-refractivity contribution in [2.75, 3.05) is 24.9 Å². The Morgan fingerprint density at radius 2 is 0.418 bits per heavy atom. The summed E-state index contributed by atoms with van der Waals surface area (Å²) in [4.78, 5) is 15.3. The molecule has 98 heavy (non-hydrogen) atoms. The number of para-hydroxylation sites is 6. The molecule has 0 amide bonds. The first-order valence-electron chi connectivity index (χ1n) is 33.4. The number of rotatable bonds is 18. The maximum atomic E-state index is 5.99. The number of fused-ring (bicyclic) bond motifs is 1. The number of nitrogens with one attached hydrogen (secondary N) is 1. The lowest BCUT2D eigenvalue weighted by molar-refractivity contribution is 1.01. The van der Waals surface area contributed by atoms with Crippen LogP contribution in [0.2, 0.25) is 0 Å². The van der Waals surface area contributed by atoms with E-state index in [9.17, 15) is 0 Å². The van der Waals surface area contributed by atoms with E-state index >= 15 is 0 Å². The first-order valence-corrected chi connectivity index (χ1v) is 33.4. The molecule has 466 valence electrons. The number of aliphatic imine (C=N–C) groups is 1. The van der Waals surface area contributed by atoms with Crippen molar-refractivity contribution in [3.05, 3.63) is 412 Å². The number of anilines is 13. The minimum atomic E-state index is -0.373. The molecule has 0 spiro atoms. The van der Waals surface area contributed by atoms with Gasteiger partial charge in [0.15, 0.2) is 0 Å². The Hall–Kier alpha value is -13.0. The van der Waals surface area contributed by atoms with E-state index in [1.54, 1.807) is 0 Å². The Labute approximate surface area is 573 Å². The zero-order valence-corrected chi connectivity index (χ0v) is 53.9. The zero-order chi connectivity index (χ0) is 65.4.